The normalized spacial score (nSPS) is 14.2. The lowest BCUT2D eigenvalue weighted by Gasteiger charge is -2.24. The molecule has 0 radical (unpaired) electrons. The van der Waals surface area contributed by atoms with E-state index in [9.17, 15) is 24.3 Å². The van der Waals surface area contributed by atoms with Gasteiger partial charge in [0.1, 0.15) is 18.1 Å². The van der Waals surface area contributed by atoms with Gasteiger partial charge in [-0.2, -0.15) is 0 Å². The summed E-state index contributed by atoms with van der Waals surface area (Å²) in [4.78, 5) is 60.8. The Labute approximate surface area is 225 Å². The van der Waals surface area contributed by atoms with E-state index < -0.39 is 47.9 Å². The number of nitrogens with one attached hydrogen (secondary N) is 5. The number of unbranched alkanes of at least 4 members (excludes halogenated alkanes) is 1. The number of hydrogen-bond acceptors (Lipinski definition) is 7. The number of aliphatic carboxylic acids is 1. The predicted molar refractivity (Wildman–Crippen MR) is 144 cm³/mol. The van der Waals surface area contributed by atoms with E-state index in [2.05, 4.69) is 30.9 Å². The molecule has 0 aliphatic heterocycles. The Morgan fingerprint density at radius 3 is 2.36 bits per heavy atom. The summed E-state index contributed by atoms with van der Waals surface area (Å²) in [6.45, 7) is 1.82. The number of carbonyl (C=O) groups is 4. The van der Waals surface area contributed by atoms with Gasteiger partial charge in [-0.3, -0.25) is 19.2 Å². The Kier molecular flexibility index (Phi) is 10.6. The molecule has 0 saturated carbocycles. The second kappa shape index (κ2) is 14.1. The summed E-state index contributed by atoms with van der Waals surface area (Å²) in [5.74, 6) is -3.03. The number of carboxylic acids is 1. The molecule has 3 amide bonds. The summed E-state index contributed by atoms with van der Waals surface area (Å²) in [7, 11) is 0. The van der Waals surface area contributed by atoms with Crippen LogP contribution in [0.4, 0.5) is 0 Å². The van der Waals surface area contributed by atoms with Crippen molar-refractivity contribution in [3.8, 4) is 0 Å². The van der Waals surface area contributed by atoms with Gasteiger partial charge in [0.2, 0.25) is 17.7 Å². The van der Waals surface area contributed by atoms with Crippen LogP contribution in [0.5, 0.6) is 0 Å². The van der Waals surface area contributed by atoms with Gasteiger partial charge in [-0.15, -0.1) is 0 Å². The smallest absolute Gasteiger partial charge is 0.325 e. The molecule has 0 aliphatic carbocycles. The number of aromatic amines is 2. The van der Waals surface area contributed by atoms with Crippen LogP contribution < -0.4 is 27.4 Å². The number of fused-ring (bicyclic) bond motifs is 1. The maximum absolute atomic E-state index is 13.5. The molecule has 0 bridgehead atoms. The van der Waals surface area contributed by atoms with Gasteiger partial charge in [0, 0.05) is 41.8 Å². The predicted octanol–water partition coefficient (Wildman–Crippen LogP) is -0.309. The van der Waals surface area contributed by atoms with Crippen molar-refractivity contribution in [3.63, 3.8) is 0 Å². The molecule has 0 spiro atoms. The number of para-hydroxylation sites is 1. The van der Waals surface area contributed by atoms with E-state index in [4.69, 9.17) is 11.5 Å². The van der Waals surface area contributed by atoms with Gasteiger partial charge in [0.05, 0.1) is 12.4 Å². The molecule has 2 aromatic heterocycles. The van der Waals surface area contributed by atoms with Gasteiger partial charge in [-0.25, -0.2) is 4.98 Å². The van der Waals surface area contributed by atoms with Gasteiger partial charge in [-0.05, 0) is 37.9 Å². The first-order chi connectivity index (χ1) is 18.7. The molecule has 0 saturated heterocycles. The van der Waals surface area contributed by atoms with Crippen molar-refractivity contribution in [3.05, 3.63) is 54.2 Å². The molecular weight excluding hydrogens is 504 g/mol. The highest BCUT2D eigenvalue weighted by Crippen LogP contribution is 2.19. The fourth-order valence-corrected chi connectivity index (χ4v) is 4.12. The van der Waals surface area contributed by atoms with E-state index in [0.29, 0.717) is 25.1 Å². The fraction of sp³-hybridized carbons (Fsp3) is 0.423. The number of rotatable bonds is 15. The van der Waals surface area contributed by atoms with Crippen LogP contribution in [0, 0.1) is 0 Å². The Morgan fingerprint density at radius 1 is 0.974 bits per heavy atom. The summed E-state index contributed by atoms with van der Waals surface area (Å²) in [5.41, 5.74) is 13.7. The van der Waals surface area contributed by atoms with E-state index >= 15 is 0 Å². The van der Waals surface area contributed by atoms with Crippen LogP contribution in [0.1, 0.15) is 37.4 Å². The number of imidazole rings is 1. The maximum Gasteiger partial charge on any atom is 0.325 e. The average Bonchev–Trinajstić information content (AvgIpc) is 3.57. The molecule has 10 N–H and O–H groups in total. The SMILES string of the molecule is CC(NC(=O)C(Cc1c[nH]c2ccccc12)NC(=O)C(Cc1cnc[nH]1)NC(=O)C(N)CCCCN)C(=O)O. The molecule has 3 aromatic rings. The van der Waals surface area contributed by atoms with Gasteiger partial charge in [0.25, 0.3) is 0 Å². The molecular formula is C26H36N8O5. The van der Waals surface area contributed by atoms with Crippen molar-refractivity contribution in [1.82, 2.24) is 30.9 Å². The minimum Gasteiger partial charge on any atom is -0.480 e. The second-order valence-corrected chi connectivity index (χ2v) is 9.43. The Bertz CT molecular complexity index is 1260. The monoisotopic (exact) mass is 540 g/mol. The minimum atomic E-state index is -1.21. The molecule has 13 nitrogen and oxygen atoms in total. The van der Waals surface area contributed by atoms with Crippen molar-refractivity contribution in [2.24, 2.45) is 11.5 Å². The van der Waals surface area contributed by atoms with E-state index in [1.807, 2.05) is 24.3 Å². The molecule has 4 atom stereocenters. The summed E-state index contributed by atoms with van der Waals surface area (Å²) in [6, 6.07) is 3.27. The number of nitrogens with zero attached hydrogens (tertiary/aromatic N) is 1. The molecule has 1 aromatic carbocycles. The van der Waals surface area contributed by atoms with E-state index in [1.54, 1.807) is 6.20 Å². The number of benzene rings is 1. The molecule has 0 fully saturated rings. The third kappa shape index (κ3) is 8.38. The maximum atomic E-state index is 13.5. The van der Waals surface area contributed by atoms with Crippen LogP contribution in [0.3, 0.4) is 0 Å². The topological polar surface area (TPSA) is 221 Å². The molecule has 3 rings (SSSR count). The lowest BCUT2D eigenvalue weighted by molar-refractivity contribution is -0.141. The minimum absolute atomic E-state index is 0.0695. The average molecular weight is 541 g/mol. The first-order valence-corrected chi connectivity index (χ1v) is 12.8. The van der Waals surface area contributed by atoms with Crippen LogP contribution in [0.25, 0.3) is 10.9 Å². The van der Waals surface area contributed by atoms with Crippen LogP contribution in [-0.4, -0.2) is 74.5 Å². The number of carboxylic acid groups (broad SMARTS) is 1. The van der Waals surface area contributed by atoms with Gasteiger partial charge >= 0.3 is 5.97 Å². The molecule has 0 aliphatic rings. The van der Waals surface area contributed by atoms with Crippen LogP contribution >= 0.6 is 0 Å². The number of aromatic nitrogens is 3. The zero-order valence-electron chi connectivity index (χ0n) is 21.8. The standard InChI is InChI=1S/C26H36N8O5/c1-15(26(38)39)32-24(36)21(10-16-12-30-20-8-3-2-6-18(16)20)34-25(37)22(11-17-13-29-14-31-17)33-23(35)19(28)7-4-5-9-27/h2-3,6,8,12-15,19,21-22,30H,4-5,7,9-11,27-28H2,1H3,(H,29,31)(H,32,36)(H,33,35)(H,34,37)(H,38,39). The van der Waals surface area contributed by atoms with Crippen molar-refractivity contribution < 1.29 is 24.3 Å². The lowest BCUT2D eigenvalue weighted by Crippen LogP contribution is -2.58. The Hall–Kier alpha value is -4.23. The molecule has 2 heterocycles. The third-order valence-corrected chi connectivity index (χ3v) is 6.38. The van der Waals surface area contributed by atoms with Crippen molar-refractivity contribution in [2.75, 3.05) is 6.54 Å². The highest BCUT2D eigenvalue weighted by molar-refractivity contribution is 5.95. The molecule has 4 unspecified atom stereocenters. The number of amides is 3. The Balaban J connectivity index is 1.81. The van der Waals surface area contributed by atoms with Crippen LogP contribution in [0.15, 0.2) is 43.0 Å². The highest BCUT2D eigenvalue weighted by Gasteiger charge is 2.30. The summed E-state index contributed by atoms with van der Waals surface area (Å²) < 4.78 is 0. The molecule has 210 valence electrons. The van der Waals surface area contributed by atoms with Crippen molar-refractivity contribution >= 4 is 34.6 Å². The van der Waals surface area contributed by atoms with Crippen LogP contribution in [-0.2, 0) is 32.0 Å². The quantitative estimate of drug-likeness (QED) is 0.119. The number of H-pyrrole nitrogens is 2. The first kappa shape index (κ1) is 29.3. The number of hydrogen-bond donors (Lipinski definition) is 8. The molecule has 39 heavy (non-hydrogen) atoms. The number of nitrogens with two attached hydrogens (primary N) is 2. The molecule has 13 heteroatoms. The lowest BCUT2D eigenvalue weighted by atomic mass is 10.0. The van der Waals surface area contributed by atoms with Crippen molar-refractivity contribution in [1.29, 1.82) is 0 Å². The summed E-state index contributed by atoms with van der Waals surface area (Å²) >= 11 is 0. The van der Waals surface area contributed by atoms with E-state index in [-0.39, 0.29) is 12.8 Å². The largest absolute Gasteiger partial charge is 0.480 e. The number of carbonyl (C=O) groups excluding carboxylic acids is 3. The highest BCUT2D eigenvalue weighted by atomic mass is 16.4. The summed E-state index contributed by atoms with van der Waals surface area (Å²) in [6.07, 6.45) is 6.65. The van der Waals surface area contributed by atoms with Crippen molar-refractivity contribution in [2.45, 2.75) is 63.2 Å². The zero-order valence-corrected chi connectivity index (χ0v) is 21.8. The van der Waals surface area contributed by atoms with E-state index in [0.717, 1.165) is 22.9 Å². The van der Waals surface area contributed by atoms with E-state index in [1.165, 1.54) is 19.4 Å². The Morgan fingerprint density at radius 2 is 1.67 bits per heavy atom. The second-order valence-electron chi connectivity index (χ2n) is 9.43. The zero-order chi connectivity index (χ0) is 28.4. The van der Waals surface area contributed by atoms with Gasteiger partial charge < -0.3 is 42.5 Å². The van der Waals surface area contributed by atoms with Gasteiger partial charge in [-0.1, -0.05) is 24.6 Å². The van der Waals surface area contributed by atoms with Gasteiger partial charge in [0.15, 0.2) is 0 Å². The first-order valence-electron chi connectivity index (χ1n) is 12.8. The fourth-order valence-electron chi connectivity index (χ4n) is 4.12. The summed E-state index contributed by atoms with van der Waals surface area (Å²) in [5, 5.41) is 17.9. The van der Waals surface area contributed by atoms with Crippen LogP contribution in [0.2, 0.25) is 0 Å². The third-order valence-electron chi connectivity index (χ3n) is 6.38.